The molecule has 1 atom stereocenters. The van der Waals surface area contributed by atoms with Crippen molar-refractivity contribution in [3.63, 3.8) is 0 Å². The Labute approximate surface area is 158 Å². The molecule has 1 amide bonds. The molecule has 1 unspecified atom stereocenters. The molecule has 3 rings (SSSR count). The molecule has 28 heavy (non-hydrogen) atoms. The monoisotopic (exact) mass is 386 g/mol. The van der Waals surface area contributed by atoms with Crippen LogP contribution >= 0.6 is 0 Å². The van der Waals surface area contributed by atoms with E-state index < -0.39 is 35.0 Å². The molecule has 0 saturated heterocycles. The topological polar surface area (TPSA) is 86.1 Å². The van der Waals surface area contributed by atoms with Gasteiger partial charge in [0, 0.05) is 5.56 Å². The first-order chi connectivity index (χ1) is 13.4. The summed E-state index contributed by atoms with van der Waals surface area (Å²) in [6, 6.07) is 8.91. The van der Waals surface area contributed by atoms with Crippen molar-refractivity contribution in [2.45, 2.75) is 13.0 Å². The van der Waals surface area contributed by atoms with Crippen LogP contribution in [0.25, 0.3) is 11.3 Å². The van der Waals surface area contributed by atoms with Crippen molar-refractivity contribution >= 4 is 11.6 Å². The van der Waals surface area contributed by atoms with Gasteiger partial charge >= 0.3 is 5.69 Å². The number of rotatable bonds is 5. The molecule has 9 heteroatoms. The van der Waals surface area contributed by atoms with E-state index in [4.69, 9.17) is 4.74 Å². The molecule has 0 aliphatic carbocycles. The van der Waals surface area contributed by atoms with Crippen LogP contribution in [0.1, 0.15) is 13.0 Å². The Morgan fingerprint density at radius 3 is 2.36 bits per heavy atom. The molecule has 0 fully saturated rings. The minimum absolute atomic E-state index is 0.316. The second-order valence-electron chi connectivity index (χ2n) is 5.86. The molecule has 0 radical (unpaired) electrons. The third-order valence-corrected chi connectivity index (χ3v) is 4.06. The van der Waals surface area contributed by atoms with Crippen molar-refractivity contribution in [3.05, 3.63) is 70.8 Å². The van der Waals surface area contributed by atoms with Crippen LogP contribution in [0, 0.1) is 11.6 Å². The fourth-order valence-corrected chi connectivity index (χ4v) is 2.47. The van der Waals surface area contributed by atoms with Gasteiger partial charge in [0.1, 0.15) is 29.1 Å². The number of hydrogen-bond donors (Lipinski definition) is 1. The molecule has 0 bridgehead atoms. The lowest BCUT2D eigenvalue weighted by Gasteiger charge is -2.14. The molecular formula is C19H16F2N4O3. The summed E-state index contributed by atoms with van der Waals surface area (Å²) in [5.74, 6) is -2.00. The van der Waals surface area contributed by atoms with Gasteiger partial charge in [-0.15, -0.1) is 0 Å². The zero-order valence-corrected chi connectivity index (χ0v) is 15.0. The van der Waals surface area contributed by atoms with E-state index in [0.717, 1.165) is 16.8 Å². The third-order valence-electron chi connectivity index (χ3n) is 4.06. The molecule has 1 aromatic heterocycles. The summed E-state index contributed by atoms with van der Waals surface area (Å²) in [7, 11) is 1.54. The third kappa shape index (κ3) is 3.88. The first-order valence-corrected chi connectivity index (χ1v) is 8.26. The van der Waals surface area contributed by atoms with Crippen molar-refractivity contribution in [1.82, 2.24) is 14.8 Å². The summed E-state index contributed by atoms with van der Waals surface area (Å²) in [6.45, 7) is 1.37. The summed E-state index contributed by atoms with van der Waals surface area (Å²) < 4.78 is 33.3. The summed E-state index contributed by atoms with van der Waals surface area (Å²) in [6.07, 6.45) is 1.33. The maximum absolute atomic E-state index is 13.7. The average Bonchev–Trinajstić information content (AvgIpc) is 2.70. The van der Waals surface area contributed by atoms with E-state index >= 15 is 0 Å². The number of carbonyl (C=O) groups is 1. The molecule has 2 aromatic carbocycles. The maximum Gasteiger partial charge on any atom is 0.365 e. The molecular weight excluding hydrogens is 370 g/mol. The highest BCUT2D eigenvalue weighted by molar-refractivity contribution is 5.93. The molecule has 0 aliphatic heterocycles. The van der Waals surface area contributed by atoms with Crippen LogP contribution in [0.4, 0.5) is 14.5 Å². The van der Waals surface area contributed by atoms with Crippen molar-refractivity contribution in [2.75, 3.05) is 12.4 Å². The highest BCUT2D eigenvalue weighted by Crippen LogP contribution is 2.20. The van der Waals surface area contributed by atoms with Gasteiger partial charge in [0.2, 0.25) is 5.91 Å². The van der Waals surface area contributed by atoms with Crippen LogP contribution in [0.15, 0.2) is 53.5 Å². The van der Waals surface area contributed by atoms with Gasteiger partial charge in [-0.25, -0.2) is 18.3 Å². The van der Waals surface area contributed by atoms with Crippen molar-refractivity contribution in [3.8, 4) is 17.0 Å². The second kappa shape index (κ2) is 7.95. The molecule has 7 nitrogen and oxygen atoms in total. The number of aromatic nitrogens is 3. The van der Waals surface area contributed by atoms with Crippen molar-refractivity contribution in [2.24, 2.45) is 0 Å². The number of methoxy groups -OCH3 is 1. The van der Waals surface area contributed by atoms with Gasteiger partial charge in [0.15, 0.2) is 0 Å². The fraction of sp³-hybridized carbons (Fsp3) is 0.158. The van der Waals surface area contributed by atoms with Gasteiger partial charge in [0.25, 0.3) is 0 Å². The van der Waals surface area contributed by atoms with E-state index in [0.29, 0.717) is 17.0 Å². The van der Waals surface area contributed by atoms with E-state index in [1.54, 1.807) is 24.3 Å². The minimum atomic E-state index is -1.14. The Morgan fingerprint density at radius 2 is 1.79 bits per heavy atom. The van der Waals surface area contributed by atoms with Gasteiger partial charge in [-0.1, -0.05) is 6.07 Å². The molecule has 0 aliphatic rings. The van der Waals surface area contributed by atoms with E-state index in [1.165, 1.54) is 26.3 Å². The van der Waals surface area contributed by atoms with Crippen LogP contribution in [0.3, 0.4) is 0 Å². The maximum atomic E-state index is 13.7. The Bertz CT molecular complexity index is 1050. The van der Waals surface area contributed by atoms with Crippen LogP contribution in [-0.2, 0) is 4.79 Å². The fourth-order valence-electron chi connectivity index (χ4n) is 2.47. The first kappa shape index (κ1) is 19.2. The number of anilines is 1. The van der Waals surface area contributed by atoms with Crippen LogP contribution in [0.5, 0.6) is 5.75 Å². The van der Waals surface area contributed by atoms with Gasteiger partial charge in [-0.3, -0.25) is 4.79 Å². The second-order valence-corrected chi connectivity index (χ2v) is 5.86. The number of nitrogens with one attached hydrogen (secondary N) is 1. The summed E-state index contributed by atoms with van der Waals surface area (Å²) >= 11 is 0. The molecule has 144 valence electrons. The van der Waals surface area contributed by atoms with Gasteiger partial charge in [0.05, 0.1) is 19.0 Å². The quantitative estimate of drug-likeness (QED) is 0.729. The largest absolute Gasteiger partial charge is 0.497 e. The van der Waals surface area contributed by atoms with Gasteiger partial charge < -0.3 is 10.1 Å². The normalized spacial score (nSPS) is 11.7. The lowest BCUT2D eigenvalue weighted by molar-refractivity contribution is -0.119. The Hall–Kier alpha value is -3.62. The van der Waals surface area contributed by atoms with E-state index in [9.17, 15) is 18.4 Å². The average molecular weight is 386 g/mol. The number of benzene rings is 2. The summed E-state index contributed by atoms with van der Waals surface area (Å²) in [5.41, 5.74) is -0.403. The Balaban J connectivity index is 1.83. The van der Waals surface area contributed by atoms with Crippen molar-refractivity contribution < 1.29 is 18.3 Å². The minimum Gasteiger partial charge on any atom is -0.497 e. The summed E-state index contributed by atoms with van der Waals surface area (Å²) in [4.78, 5) is 28.5. The molecule has 3 aromatic rings. The standard InChI is InChI=1S/C19H16F2N4O3/c1-11(18(26)24-17-14(20)4-3-5-15(17)21)25-19(27)23-16(10-22-25)12-6-8-13(28-2)9-7-12/h3-11H,1-2H3,(H,24,26). The summed E-state index contributed by atoms with van der Waals surface area (Å²) in [5, 5.41) is 6.10. The van der Waals surface area contributed by atoms with Crippen molar-refractivity contribution in [1.29, 1.82) is 0 Å². The predicted molar refractivity (Wildman–Crippen MR) is 98.0 cm³/mol. The number of para-hydroxylation sites is 1. The van der Waals surface area contributed by atoms with Crippen LogP contribution in [-0.4, -0.2) is 27.8 Å². The first-order valence-electron chi connectivity index (χ1n) is 8.26. The Morgan fingerprint density at radius 1 is 1.14 bits per heavy atom. The zero-order valence-electron chi connectivity index (χ0n) is 15.0. The zero-order chi connectivity index (χ0) is 20.3. The number of amides is 1. The highest BCUT2D eigenvalue weighted by Gasteiger charge is 2.21. The molecule has 1 heterocycles. The number of nitrogens with zero attached hydrogens (tertiary/aromatic N) is 3. The number of carbonyl (C=O) groups excluding carboxylic acids is 1. The SMILES string of the molecule is COc1ccc(-c2cnn(C(C)C(=O)Nc3c(F)cccc3F)c(=O)n2)cc1. The van der Waals surface area contributed by atoms with E-state index in [1.807, 2.05) is 0 Å². The number of hydrogen-bond acceptors (Lipinski definition) is 5. The van der Waals surface area contributed by atoms with E-state index in [-0.39, 0.29) is 0 Å². The smallest absolute Gasteiger partial charge is 0.365 e. The molecule has 0 saturated carbocycles. The predicted octanol–water partition coefficient (Wildman–Crippen LogP) is 2.79. The van der Waals surface area contributed by atoms with E-state index in [2.05, 4.69) is 15.4 Å². The van der Waals surface area contributed by atoms with Gasteiger partial charge in [-0.2, -0.15) is 10.1 Å². The number of halogens is 2. The molecule has 1 N–H and O–H groups in total. The lowest BCUT2D eigenvalue weighted by Crippen LogP contribution is -2.35. The van der Waals surface area contributed by atoms with Gasteiger partial charge in [-0.05, 0) is 43.3 Å². The van der Waals surface area contributed by atoms with Crippen LogP contribution in [0.2, 0.25) is 0 Å². The lowest BCUT2D eigenvalue weighted by atomic mass is 10.1. The van der Waals surface area contributed by atoms with Crippen LogP contribution < -0.4 is 15.7 Å². The Kier molecular flexibility index (Phi) is 5.44. The highest BCUT2D eigenvalue weighted by atomic mass is 19.1. The molecule has 0 spiro atoms. The number of ether oxygens (including phenoxy) is 1.